The van der Waals surface area contributed by atoms with Crippen molar-refractivity contribution >= 4 is 23.5 Å². The number of carbonyl (C=O) groups is 2. The molecule has 0 heterocycles. The molecule has 21 heavy (non-hydrogen) atoms. The van der Waals surface area contributed by atoms with Gasteiger partial charge in [-0.25, -0.2) is 4.79 Å². The van der Waals surface area contributed by atoms with Crippen LogP contribution in [0.25, 0.3) is 0 Å². The summed E-state index contributed by atoms with van der Waals surface area (Å²) < 4.78 is 5.42. The van der Waals surface area contributed by atoms with Gasteiger partial charge in [0.25, 0.3) is 5.91 Å². The molecular weight excluding hydrogens is 294 g/mol. The molecule has 1 aliphatic rings. The number of aliphatic carboxylic acids is 1. The van der Waals surface area contributed by atoms with Gasteiger partial charge in [0.05, 0.1) is 0 Å². The molecule has 2 rings (SSSR count). The fourth-order valence-corrected chi connectivity index (χ4v) is 2.47. The van der Waals surface area contributed by atoms with Crippen LogP contribution in [0.2, 0.25) is 5.02 Å². The summed E-state index contributed by atoms with van der Waals surface area (Å²) in [6.07, 6.45) is 1.74. The Morgan fingerprint density at radius 2 is 1.90 bits per heavy atom. The lowest BCUT2D eigenvalue weighted by Gasteiger charge is -2.38. The van der Waals surface area contributed by atoms with E-state index in [2.05, 4.69) is 5.32 Å². The molecule has 1 aromatic rings. The Hall–Kier alpha value is -1.75. The smallest absolute Gasteiger partial charge is 0.329 e. The van der Waals surface area contributed by atoms with Crippen molar-refractivity contribution in [2.45, 2.75) is 38.6 Å². The fraction of sp³-hybridized carbons (Fsp3) is 0.467. The number of benzene rings is 1. The maximum Gasteiger partial charge on any atom is 0.329 e. The summed E-state index contributed by atoms with van der Waals surface area (Å²) in [7, 11) is 0. The molecule has 0 bridgehead atoms. The number of halogens is 1. The Balaban J connectivity index is 1.94. The van der Waals surface area contributed by atoms with Crippen LogP contribution in [-0.2, 0) is 9.59 Å². The second-order valence-corrected chi connectivity index (χ2v) is 5.83. The molecule has 0 atom stereocenters. The third kappa shape index (κ3) is 3.29. The highest BCUT2D eigenvalue weighted by Gasteiger charge is 2.45. The number of hydrogen-bond acceptors (Lipinski definition) is 3. The lowest BCUT2D eigenvalue weighted by molar-refractivity contribution is -0.152. The topological polar surface area (TPSA) is 75.6 Å². The Morgan fingerprint density at radius 3 is 2.33 bits per heavy atom. The van der Waals surface area contributed by atoms with Gasteiger partial charge in [-0.1, -0.05) is 11.6 Å². The summed E-state index contributed by atoms with van der Waals surface area (Å²) >= 11 is 6.06. The minimum atomic E-state index is -1.10. The summed E-state index contributed by atoms with van der Waals surface area (Å²) in [5, 5.41) is 12.4. The van der Waals surface area contributed by atoms with E-state index in [1.807, 2.05) is 13.8 Å². The van der Waals surface area contributed by atoms with Crippen molar-refractivity contribution in [3.05, 3.63) is 28.3 Å². The average molecular weight is 312 g/mol. The molecule has 1 saturated carbocycles. The van der Waals surface area contributed by atoms with Gasteiger partial charge in [-0.3, -0.25) is 4.79 Å². The zero-order valence-corrected chi connectivity index (χ0v) is 12.8. The van der Waals surface area contributed by atoms with Gasteiger partial charge in [-0.05, 0) is 56.4 Å². The molecule has 6 heteroatoms. The standard InChI is InChI=1S/C15H18ClNO4/c1-9-6-11(7-10(2)13(9)16)21-8-12(18)17-15(14(19)20)4-3-5-15/h6-7H,3-5,8H2,1-2H3,(H,17,18)(H,19,20). The van der Waals surface area contributed by atoms with Crippen molar-refractivity contribution in [1.82, 2.24) is 5.32 Å². The number of carboxylic acid groups (broad SMARTS) is 1. The first kappa shape index (κ1) is 15.6. The zero-order valence-electron chi connectivity index (χ0n) is 12.0. The molecule has 0 unspecified atom stereocenters. The molecule has 0 aliphatic heterocycles. The van der Waals surface area contributed by atoms with Gasteiger partial charge in [0.15, 0.2) is 6.61 Å². The van der Waals surface area contributed by atoms with E-state index in [1.165, 1.54) is 0 Å². The Labute approximate surface area is 128 Å². The number of carboxylic acids is 1. The maximum absolute atomic E-state index is 11.8. The number of hydrogen-bond donors (Lipinski definition) is 2. The quantitative estimate of drug-likeness (QED) is 0.876. The van der Waals surface area contributed by atoms with Crippen molar-refractivity contribution in [3.63, 3.8) is 0 Å². The normalized spacial score (nSPS) is 16.0. The van der Waals surface area contributed by atoms with Gasteiger partial charge in [0, 0.05) is 5.02 Å². The average Bonchev–Trinajstić information content (AvgIpc) is 2.37. The molecule has 1 aromatic carbocycles. The van der Waals surface area contributed by atoms with E-state index < -0.39 is 17.4 Å². The van der Waals surface area contributed by atoms with Crippen LogP contribution in [0.5, 0.6) is 5.75 Å². The van der Waals surface area contributed by atoms with E-state index in [9.17, 15) is 9.59 Å². The summed E-state index contributed by atoms with van der Waals surface area (Å²) in [6, 6.07) is 3.50. The van der Waals surface area contributed by atoms with Crippen LogP contribution >= 0.6 is 11.6 Å². The SMILES string of the molecule is Cc1cc(OCC(=O)NC2(C(=O)O)CCC2)cc(C)c1Cl. The third-order valence-corrected chi connectivity index (χ3v) is 4.37. The summed E-state index contributed by atoms with van der Waals surface area (Å²) in [5.41, 5.74) is 0.632. The van der Waals surface area contributed by atoms with E-state index in [0.29, 0.717) is 23.6 Å². The van der Waals surface area contributed by atoms with E-state index in [1.54, 1.807) is 12.1 Å². The monoisotopic (exact) mass is 311 g/mol. The number of rotatable bonds is 5. The van der Waals surface area contributed by atoms with Gasteiger partial charge in [0.1, 0.15) is 11.3 Å². The zero-order chi connectivity index (χ0) is 15.6. The lowest BCUT2D eigenvalue weighted by Crippen LogP contribution is -2.59. The van der Waals surface area contributed by atoms with Crippen molar-refractivity contribution in [1.29, 1.82) is 0 Å². The minimum Gasteiger partial charge on any atom is -0.484 e. The number of amides is 1. The molecule has 2 N–H and O–H groups in total. The van der Waals surface area contributed by atoms with Gasteiger partial charge in [-0.2, -0.15) is 0 Å². The summed E-state index contributed by atoms with van der Waals surface area (Å²) in [6.45, 7) is 3.50. The van der Waals surface area contributed by atoms with E-state index >= 15 is 0 Å². The maximum atomic E-state index is 11.8. The highest BCUT2D eigenvalue weighted by Crippen LogP contribution is 2.32. The molecule has 1 amide bonds. The Bertz CT molecular complexity index is 558. The van der Waals surface area contributed by atoms with Crippen LogP contribution in [0.4, 0.5) is 0 Å². The molecular formula is C15H18ClNO4. The Kier molecular flexibility index (Phi) is 4.42. The largest absolute Gasteiger partial charge is 0.484 e. The first-order valence-electron chi connectivity index (χ1n) is 6.78. The highest BCUT2D eigenvalue weighted by molar-refractivity contribution is 6.32. The van der Waals surface area contributed by atoms with Crippen molar-refractivity contribution in [3.8, 4) is 5.75 Å². The van der Waals surface area contributed by atoms with Crippen LogP contribution in [0.15, 0.2) is 12.1 Å². The van der Waals surface area contributed by atoms with Crippen LogP contribution < -0.4 is 10.1 Å². The third-order valence-electron chi connectivity index (χ3n) is 3.78. The van der Waals surface area contributed by atoms with Crippen molar-refractivity contribution < 1.29 is 19.4 Å². The summed E-state index contributed by atoms with van der Waals surface area (Å²) in [4.78, 5) is 23.0. The minimum absolute atomic E-state index is 0.213. The second-order valence-electron chi connectivity index (χ2n) is 5.45. The second kappa shape index (κ2) is 5.93. The highest BCUT2D eigenvalue weighted by atomic mass is 35.5. The molecule has 0 spiro atoms. The van der Waals surface area contributed by atoms with Crippen LogP contribution in [0.1, 0.15) is 30.4 Å². The molecule has 5 nitrogen and oxygen atoms in total. The van der Waals surface area contributed by atoms with E-state index in [-0.39, 0.29) is 6.61 Å². The van der Waals surface area contributed by atoms with E-state index in [0.717, 1.165) is 17.5 Å². The molecule has 0 saturated heterocycles. The van der Waals surface area contributed by atoms with Crippen LogP contribution in [-0.4, -0.2) is 29.1 Å². The lowest BCUT2D eigenvalue weighted by atomic mass is 9.77. The van der Waals surface area contributed by atoms with E-state index in [4.69, 9.17) is 21.4 Å². The predicted octanol–water partition coefficient (Wildman–Crippen LogP) is 2.46. The number of ether oxygens (including phenoxy) is 1. The van der Waals surface area contributed by atoms with Crippen LogP contribution in [0, 0.1) is 13.8 Å². The summed E-state index contributed by atoms with van der Waals surface area (Å²) in [5.74, 6) is -0.870. The molecule has 0 radical (unpaired) electrons. The number of carbonyl (C=O) groups excluding carboxylic acids is 1. The van der Waals surface area contributed by atoms with Gasteiger partial charge in [0.2, 0.25) is 0 Å². The number of nitrogens with one attached hydrogen (secondary N) is 1. The van der Waals surface area contributed by atoms with Gasteiger partial charge < -0.3 is 15.2 Å². The predicted molar refractivity (Wildman–Crippen MR) is 78.8 cm³/mol. The first-order chi connectivity index (χ1) is 9.84. The van der Waals surface area contributed by atoms with Gasteiger partial charge >= 0.3 is 5.97 Å². The van der Waals surface area contributed by atoms with Gasteiger partial charge in [-0.15, -0.1) is 0 Å². The molecule has 0 aromatic heterocycles. The first-order valence-corrected chi connectivity index (χ1v) is 7.16. The molecule has 1 aliphatic carbocycles. The fourth-order valence-electron chi connectivity index (χ4n) is 2.36. The molecule has 1 fully saturated rings. The number of aryl methyl sites for hydroxylation is 2. The molecule has 114 valence electrons. The van der Waals surface area contributed by atoms with Crippen molar-refractivity contribution in [2.75, 3.05) is 6.61 Å². The Morgan fingerprint density at radius 1 is 1.33 bits per heavy atom. The van der Waals surface area contributed by atoms with Crippen molar-refractivity contribution in [2.24, 2.45) is 0 Å². The van der Waals surface area contributed by atoms with Crippen LogP contribution in [0.3, 0.4) is 0 Å².